The van der Waals surface area contributed by atoms with Crippen molar-refractivity contribution in [3.8, 4) is 11.8 Å². The van der Waals surface area contributed by atoms with E-state index in [9.17, 15) is 5.26 Å². The Morgan fingerprint density at radius 1 is 1.07 bits per heavy atom. The van der Waals surface area contributed by atoms with E-state index in [2.05, 4.69) is 49.1 Å². The van der Waals surface area contributed by atoms with Gasteiger partial charge < -0.3 is 4.74 Å². The van der Waals surface area contributed by atoms with Gasteiger partial charge in [-0.25, -0.2) is 0 Å². The minimum absolute atomic E-state index is 0.246. The summed E-state index contributed by atoms with van der Waals surface area (Å²) in [5, 5.41) is 12.2. The van der Waals surface area contributed by atoms with Crippen LogP contribution in [0, 0.1) is 17.2 Å². The summed E-state index contributed by atoms with van der Waals surface area (Å²) >= 11 is 0. The maximum atomic E-state index is 9.98. The topological polar surface area (TPSA) is 36.3 Å². The molecule has 1 saturated carbocycles. The van der Waals surface area contributed by atoms with Crippen LogP contribution in [0.4, 0.5) is 0 Å². The van der Waals surface area contributed by atoms with Crippen LogP contribution in [0.25, 0.3) is 10.8 Å². The van der Waals surface area contributed by atoms with E-state index in [1.807, 2.05) is 6.07 Å². The van der Waals surface area contributed by atoms with Gasteiger partial charge in [-0.2, -0.15) is 5.26 Å². The van der Waals surface area contributed by atoms with Gasteiger partial charge in [0.15, 0.2) is 0 Å². The van der Waals surface area contributed by atoms with E-state index in [4.69, 9.17) is 4.74 Å². The highest BCUT2D eigenvalue weighted by molar-refractivity contribution is 5.90. The smallest absolute Gasteiger partial charge is 0.138 e. The normalized spacial score (nSPS) is 24.2. The number of nitriles is 1. The standard InChI is InChI=1S/C26H34N2O/c1-3-25(28-15-5-4-6-16-28)21-10-9-20-11-14-26(24(18-27)23(20)17-21)29-22-12-7-19(2)8-13-22/h9-11,14,17,19,22,25H,3-8,12-13,15-16H2,1-2H3. The number of piperidine rings is 1. The summed E-state index contributed by atoms with van der Waals surface area (Å²) in [5.74, 6) is 1.56. The van der Waals surface area contributed by atoms with E-state index >= 15 is 0 Å². The van der Waals surface area contributed by atoms with Gasteiger partial charge in [0.05, 0.1) is 6.10 Å². The second-order valence-corrected chi connectivity index (χ2v) is 9.05. The number of hydrogen-bond acceptors (Lipinski definition) is 3. The van der Waals surface area contributed by atoms with Gasteiger partial charge in [0.25, 0.3) is 0 Å². The van der Waals surface area contributed by atoms with Gasteiger partial charge in [0, 0.05) is 11.4 Å². The number of benzene rings is 2. The van der Waals surface area contributed by atoms with Crippen molar-refractivity contribution in [2.75, 3.05) is 13.1 Å². The van der Waals surface area contributed by atoms with Crippen molar-refractivity contribution >= 4 is 10.8 Å². The van der Waals surface area contributed by atoms with E-state index in [1.54, 1.807) is 0 Å². The van der Waals surface area contributed by atoms with Crippen molar-refractivity contribution in [3.63, 3.8) is 0 Å². The lowest BCUT2D eigenvalue weighted by molar-refractivity contribution is 0.135. The molecule has 1 atom stereocenters. The Hall–Kier alpha value is -2.05. The molecule has 0 N–H and O–H groups in total. The van der Waals surface area contributed by atoms with Crippen LogP contribution in [-0.4, -0.2) is 24.1 Å². The molecule has 154 valence electrons. The number of hydrogen-bond donors (Lipinski definition) is 0. The van der Waals surface area contributed by atoms with Crippen molar-refractivity contribution < 1.29 is 4.74 Å². The quantitative estimate of drug-likeness (QED) is 0.576. The van der Waals surface area contributed by atoms with Crippen molar-refractivity contribution in [2.24, 2.45) is 5.92 Å². The molecule has 0 spiro atoms. The molecule has 4 rings (SSSR count). The monoisotopic (exact) mass is 390 g/mol. The number of rotatable bonds is 5. The first-order valence-corrected chi connectivity index (χ1v) is 11.6. The molecular formula is C26H34N2O. The van der Waals surface area contributed by atoms with Gasteiger partial charge >= 0.3 is 0 Å². The van der Waals surface area contributed by atoms with Crippen molar-refractivity contribution in [3.05, 3.63) is 41.5 Å². The molecule has 0 radical (unpaired) electrons. The summed E-state index contributed by atoms with van der Waals surface area (Å²) in [6.45, 7) is 6.97. The molecule has 1 saturated heterocycles. The average molecular weight is 391 g/mol. The van der Waals surface area contributed by atoms with Gasteiger partial charge in [-0.3, -0.25) is 4.90 Å². The summed E-state index contributed by atoms with van der Waals surface area (Å²) in [4.78, 5) is 2.63. The highest BCUT2D eigenvalue weighted by Crippen LogP contribution is 2.35. The van der Waals surface area contributed by atoms with Crippen LogP contribution in [0.15, 0.2) is 30.3 Å². The maximum Gasteiger partial charge on any atom is 0.138 e. The maximum absolute atomic E-state index is 9.98. The molecule has 29 heavy (non-hydrogen) atoms. The minimum atomic E-state index is 0.246. The molecule has 2 aromatic rings. The van der Waals surface area contributed by atoms with E-state index in [0.717, 1.165) is 41.7 Å². The molecule has 1 heterocycles. The summed E-state index contributed by atoms with van der Waals surface area (Å²) in [7, 11) is 0. The third-order valence-corrected chi connectivity index (χ3v) is 6.98. The predicted molar refractivity (Wildman–Crippen MR) is 119 cm³/mol. The zero-order valence-electron chi connectivity index (χ0n) is 18.0. The van der Waals surface area contributed by atoms with Crippen LogP contribution >= 0.6 is 0 Å². The average Bonchev–Trinajstić information content (AvgIpc) is 2.76. The molecule has 2 fully saturated rings. The van der Waals surface area contributed by atoms with E-state index in [0.29, 0.717) is 11.6 Å². The molecule has 1 unspecified atom stereocenters. The van der Waals surface area contributed by atoms with Crippen molar-refractivity contribution in [2.45, 2.75) is 77.4 Å². The SMILES string of the molecule is CCC(c1ccc2ccc(OC3CCC(C)CC3)c(C#N)c2c1)N1CCCCC1. The van der Waals surface area contributed by atoms with Crippen LogP contribution in [-0.2, 0) is 0 Å². The zero-order valence-corrected chi connectivity index (χ0v) is 18.0. The van der Waals surface area contributed by atoms with Gasteiger partial charge in [-0.15, -0.1) is 0 Å². The predicted octanol–water partition coefficient (Wildman–Crippen LogP) is 6.61. The first kappa shape index (κ1) is 20.2. The highest BCUT2D eigenvalue weighted by Gasteiger charge is 2.23. The summed E-state index contributed by atoms with van der Waals surface area (Å²) in [5.41, 5.74) is 2.04. The molecule has 2 aromatic carbocycles. The van der Waals surface area contributed by atoms with Crippen LogP contribution in [0.1, 0.15) is 82.4 Å². The third kappa shape index (κ3) is 4.43. The van der Waals surface area contributed by atoms with Crippen LogP contribution < -0.4 is 4.74 Å². The Bertz CT molecular complexity index is 870. The Kier molecular flexibility index (Phi) is 6.40. The van der Waals surface area contributed by atoms with E-state index in [1.165, 1.54) is 50.8 Å². The molecule has 1 aliphatic heterocycles. The Balaban J connectivity index is 1.64. The van der Waals surface area contributed by atoms with E-state index < -0.39 is 0 Å². The molecular weight excluding hydrogens is 356 g/mol. The van der Waals surface area contributed by atoms with Crippen LogP contribution in [0.5, 0.6) is 5.75 Å². The van der Waals surface area contributed by atoms with Gasteiger partial charge in [-0.05, 0) is 87.0 Å². The highest BCUT2D eigenvalue weighted by atomic mass is 16.5. The summed E-state index contributed by atoms with van der Waals surface area (Å²) in [6, 6.07) is 13.7. The fourth-order valence-corrected chi connectivity index (χ4v) is 5.20. The third-order valence-electron chi connectivity index (χ3n) is 6.98. The Labute approximate surface area is 175 Å². The van der Waals surface area contributed by atoms with Gasteiger partial charge in [-0.1, -0.05) is 38.5 Å². The summed E-state index contributed by atoms with van der Waals surface area (Å²) in [6.07, 6.45) is 9.92. The number of ether oxygens (including phenoxy) is 1. The molecule has 3 nitrogen and oxygen atoms in total. The second-order valence-electron chi connectivity index (χ2n) is 9.05. The largest absolute Gasteiger partial charge is 0.489 e. The van der Waals surface area contributed by atoms with Gasteiger partial charge in [0.1, 0.15) is 17.4 Å². The number of likely N-dealkylation sites (tertiary alicyclic amines) is 1. The Morgan fingerprint density at radius 3 is 2.48 bits per heavy atom. The van der Waals surface area contributed by atoms with Gasteiger partial charge in [0.2, 0.25) is 0 Å². The van der Waals surface area contributed by atoms with Crippen molar-refractivity contribution in [1.82, 2.24) is 4.90 Å². The molecule has 0 bridgehead atoms. The zero-order chi connectivity index (χ0) is 20.2. The fraction of sp³-hybridized carbons (Fsp3) is 0.577. The van der Waals surface area contributed by atoms with Crippen molar-refractivity contribution in [1.29, 1.82) is 5.26 Å². The van der Waals surface area contributed by atoms with E-state index in [-0.39, 0.29) is 6.10 Å². The lowest BCUT2D eigenvalue weighted by Crippen LogP contribution is -2.33. The molecule has 1 aliphatic carbocycles. The first-order chi connectivity index (χ1) is 14.2. The lowest BCUT2D eigenvalue weighted by atomic mass is 9.89. The first-order valence-electron chi connectivity index (χ1n) is 11.6. The number of nitrogens with zero attached hydrogens (tertiary/aromatic N) is 2. The minimum Gasteiger partial charge on any atom is -0.489 e. The second kappa shape index (κ2) is 9.18. The molecule has 0 amide bonds. The molecule has 2 aliphatic rings. The molecule has 0 aromatic heterocycles. The lowest BCUT2D eigenvalue weighted by Gasteiger charge is -2.34. The van der Waals surface area contributed by atoms with Crippen LogP contribution in [0.2, 0.25) is 0 Å². The fourth-order valence-electron chi connectivity index (χ4n) is 5.20. The van der Waals surface area contributed by atoms with Crippen LogP contribution in [0.3, 0.4) is 0 Å². The number of fused-ring (bicyclic) bond motifs is 1. The summed E-state index contributed by atoms with van der Waals surface area (Å²) < 4.78 is 6.34. The molecule has 3 heteroatoms. The Morgan fingerprint density at radius 2 is 1.79 bits per heavy atom.